The number of urea groups is 1. The van der Waals surface area contributed by atoms with Gasteiger partial charge in [0.2, 0.25) is 0 Å². The lowest BCUT2D eigenvalue weighted by Crippen LogP contribution is -2.39. The van der Waals surface area contributed by atoms with Crippen LogP contribution in [0.1, 0.15) is 6.92 Å². The molecule has 2 aromatic rings. The molecule has 2 amide bonds. The number of phenols is 1. The second-order valence-electron chi connectivity index (χ2n) is 4.59. The molecule has 0 saturated heterocycles. The van der Waals surface area contributed by atoms with Gasteiger partial charge in [0.05, 0.1) is 10.7 Å². The summed E-state index contributed by atoms with van der Waals surface area (Å²) in [5.41, 5.74) is 6.55. The Bertz CT molecular complexity index is 662. The lowest BCUT2D eigenvalue weighted by molar-refractivity contribution is 0.183. The SMILES string of the molecule is CC(NC(=O)Nc1ccc(N)cc1Cl)Oc1ccc(O)cc1. The summed E-state index contributed by atoms with van der Waals surface area (Å²) >= 11 is 5.98. The molecule has 1 unspecified atom stereocenters. The van der Waals surface area contributed by atoms with Crippen LogP contribution in [0, 0.1) is 0 Å². The molecule has 7 heteroatoms. The summed E-state index contributed by atoms with van der Waals surface area (Å²) in [6.45, 7) is 1.68. The third-order valence-electron chi connectivity index (χ3n) is 2.73. The van der Waals surface area contributed by atoms with E-state index >= 15 is 0 Å². The van der Waals surface area contributed by atoms with E-state index in [4.69, 9.17) is 22.1 Å². The molecule has 0 aliphatic heterocycles. The first-order chi connectivity index (χ1) is 10.4. The highest BCUT2D eigenvalue weighted by atomic mass is 35.5. The highest BCUT2D eigenvalue weighted by Crippen LogP contribution is 2.24. The number of carbonyl (C=O) groups excluding carboxylic acids is 1. The van der Waals surface area contributed by atoms with Gasteiger partial charge in [0.25, 0.3) is 0 Å². The van der Waals surface area contributed by atoms with Crippen molar-refractivity contribution in [1.29, 1.82) is 0 Å². The molecule has 0 radical (unpaired) electrons. The molecular weight excluding hydrogens is 306 g/mol. The van der Waals surface area contributed by atoms with Gasteiger partial charge >= 0.3 is 6.03 Å². The Morgan fingerprint density at radius 1 is 1.27 bits per heavy atom. The number of phenolic OH excluding ortho intramolecular Hbond substituents is 1. The fourth-order valence-electron chi connectivity index (χ4n) is 1.73. The molecule has 0 bridgehead atoms. The first kappa shape index (κ1) is 15.8. The van der Waals surface area contributed by atoms with Gasteiger partial charge in [0.1, 0.15) is 11.5 Å². The summed E-state index contributed by atoms with van der Waals surface area (Å²) in [7, 11) is 0. The van der Waals surface area contributed by atoms with Crippen molar-refractivity contribution in [2.24, 2.45) is 0 Å². The number of aromatic hydroxyl groups is 1. The predicted octanol–water partition coefficient (Wildman–Crippen LogP) is 3.17. The number of nitrogens with one attached hydrogen (secondary N) is 2. The van der Waals surface area contributed by atoms with Gasteiger partial charge in [0.15, 0.2) is 6.23 Å². The van der Waals surface area contributed by atoms with E-state index in [-0.39, 0.29) is 5.75 Å². The number of nitrogen functional groups attached to an aromatic ring is 1. The number of halogens is 1. The molecule has 0 aliphatic rings. The second-order valence-corrected chi connectivity index (χ2v) is 5.00. The highest BCUT2D eigenvalue weighted by Gasteiger charge is 2.10. The molecule has 0 spiro atoms. The Morgan fingerprint density at radius 3 is 2.59 bits per heavy atom. The Kier molecular flexibility index (Phi) is 4.95. The third-order valence-corrected chi connectivity index (χ3v) is 3.04. The van der Waals surface area contributed by atoms with Crippen LogP contribution in [0.2, 0.25) is 5.02 Å². The molecule has 22 heavy (non-hydrogen) atoms. The minimum Gasteiger partial charge on any atom is -0.508 e. The number of carbonyl (C=O) groups is 1. The maximum Gasteiger partial charge on any atom is 0.322 e. The average molecular weight is 322 g/mol. The Labute approximate surface area is 132 Å². The predicted molar refractivity (Wildman–Crippen MR) is 86.2 cm³/mol. The molecule has 2 rings (SSSR count). The minimum absolute atomic E-state index is 0.142. The van der Waals surface area contributed by atoms with Crippen molar-refractivity contribution in [3.63, 3.8) is 0 Å². The van der Waals surface area contributed by atoms with Crippen LogP contribution in [-0.2, 0) is 0 Å². The van der Waals surface area contributed by atoms with Gasteiger partial charge in [0, 0.05) is 5.69 Å². The van der Waals surface area contributed by atoms with E-state index in [9.17, 15) is 9.90 Å². The van der Waals surface area contributed by atoms with Gasteiger partial charge in [-0.1, -0.05) is 11.6 Å². The molecule has 5 N–H and O–H groups in total. The van der Waals surface area contributed by atoms with Gasteiger partial charge in [-0.25, -0.2) is 4.79 Å². The van der Waals surface area contributed by atoms with Crippen molar-refractivity contribution in [3.8, 4) is 11.5 Å². The molecular formula is C15H16ClN3O3. The molecule has 1 atom stereocenters. The minimum atomic E-state index is -0.572. The van der Waals surface area contributed by atoms with Gasteiger partial charge < -0.3 is 26.2 Å². The summed E-state index contributed by atoms with van der Waals surface area (Å²) in [6.07, 6.45) is -0.572. The maximum absolute atomic E-state index is 11.9. The molecule has 2 aromatic carbocycles. The van der Waals surface area contributed by atoms with Gasteiger partial charge in [-0.15, -0.1) is 0 Å². The number of benzene rings is 2. The van der Waals surface area contributed by atoms with Crippen molar-refractivity contribution in [3.05, 3.63) is 47.5 Å². The molecule has 6 nitrogen and oxygen atoms in total. The molecule has 0 aliphatic carbocycles. The smallest absolute Gasteiger partial charge is 0.322 e. The van der Waals surface area contributed by atoms with Crippen LogP contribution < -0.4 is 21.1 Å². The third kappa shape index (κ3) is 4.46. The zero-order chi connectivity index (χ0) is 16.1. The summed E-state index contributed by atoms with van der Waals surface area (Å²) < 4.78 is 5.49. The fourth-order valence-corrected chi connectivity index (χ4v) is 1.97. The highest BCUT2D eigenvalue weighted by molar-refractivity contribution is 6.34. The van der Waals surface area contributed by atoms with E-state index in [2.05, 4.69) is 10.6 Å². The standard InChI is InChI=1S/C15H16ClN3O3/c1-9(22-12-5-3-11(20)4-6-12)18-15(21)19-14-7-2-10(17)8-13(14)16/h2-9,20H,17H2,1H3,(H2,18,19,21). The molecule has 0 saturated carbocycles. The van der Waals surface area contributed by atoms with Crippen LogP contribution in [0.4, 0.5) is 16.2 Å². The van der Waals surface area contributed by atoms with Crippen molar-refractivity contribution in [1.82, 2.24) is 5.32 Å². The van der Waals surface area contributed by atoms with Crippen LogP contribution in [0.3, 0.4) is 0 Å². The van der Waals surface area contributed by atoms with Crippen molar-refractivity contribution in [2.45, 2.75) is 13.2 Å². The van der Waals surface area contributed by atoms with E-state index in [0.29, 0.717) is 22.1 Å². The van der Waals surface area contributed by atoms with Crippen LogP contribution in [-0.4, -0.2) is 17.4 Å². The van der Waals surface area contributed by atoms with Crippen molar-refractivity contribution < 1.29 is 14.6 Å². The molecule has 116 valence electrons. The quantitative estimate of drug-likeness (QED) is 0.513. The fraction of sp³-hybridized carbons (Fsp3) is 0.133. The number of hydrogen-bond acceptors (Lipinski definition) is 4. The van der Waals surface area contributed by atoms with E-state index < -0.39 is 12.3 Å². The largest absolute Gasteiger partial charge is 0.508 e. The zero-order valence-electron chi connectivity index (χ0n) is 11.8. The van der Waals surface area contributed by atoms with E-state index in [1.54, 1.807) is 37.3 Å². The van der Waals surface area contributed by atoms with Crippen molar-refractivity contribution in [2.75, 3.05) is 11.1 Å². The molecule has 0 heterocycles. The number of nitrogens with two attached hydrogens (primary N) is 1. The van der Waals surface area contributed by atoms with Crippen LogP contribution in [0.15, 0.2) is 42.5 Å². The normalized spacial score (nSPS) is 11.5. The topological polar surface area (TPSA) is 96.6 Å². The summed E-state index contributed by atoms with van der Waals surface area (Å²) in [6, 6.07) is 10.5. The number of hydrogen-bond donors (Lipinski definition) is 4. The summed E-state index contributed by atoms with van der Waals surface area (Å²) in [5, 5.41) is 14.8. The van der Waals surface area contributed by atoms with Gasteiger partial charge in [-0.05, 0) is 49.4 Å². The van der Waals surface area contributed by atoms with E-state index in [1.165, 1.54) is 12.1 Å². The number of anilines is 2. The van der Waals surface area contributed by atoms with Crippen LogP contribution in [0.25, 0.3) is 0 Å². The zero-order valence-corrected chi connectivity index (χ0v) is 12.6. The Morgan fingerprint density at radius 2 is 1.95 bits per heavy atom. The first-order valence-corrected chi connectivity index (χ1v) is 6.90. The number of amides is 2. The monoisotopic (exact) mass is 321 g/mol. The Hall–Kier alpha value is -2.60. The van der Waals surface area contributed by atoms with E-state index in [1.807, 2.05) is 0 Å². The van der Waals surface area contributed by atoms with Crippen LogP contribution in [0.5, 0.6) is 11.5 Å². The van der Waals surface area contributed by atoms with Gasteiger partial charge in [-0.3, -0.25) is 0 Å². The number of ether oxygens (including phenoxy) is 1. The summed E-state index contributed by atoms with van der Waals surface area (Å²) in [5.74, 6) is 0.666. The van der Waals surface area contributed by atoms with Crippen molar-refractivity contribution >= 4 is 29.0 Å². The molecule has 0 aromatic heterocycles. The summed E-state index contributed by atoms with van der Waals surface area (Å²) in [4.78, 5) is 11.9. The Balaban J connectivity index is 1.89. The second kappa shape index (κ2) is 6.91. The van der Waals surface area contributed by atoms with E-state index in [0.717, 1.165) is 0 Å². The maximum atomic E-state index is 11.9. The molecule has 0 fully saturated rings. The van der Waals surface area contributed by atoms with Crippen LogP contribution >= 0.6 is 11.6 Å². The van der Waals surface area contributed by atoms with Gasteiger partial charge in [-0.2, -0.15) is 0 Å². The number of rotatable bonds is 4. The lowest BCUT2D eigenvalue weighted by atomic mass is 10.3. The average Bonchev–Trinajstić information content (AvgIpc) is 2.44. The lowest BCUT2D eigenvalue weighted by Gasteiger charge is -2.17. The first-order valence-electron chi connectivity index (χ1n) is 6.52.